The van der Waals surface area contributed by atoms with Crippen LogP contribution in [0.15, 0.2) is 52.7 Å². The number of amides is 1. The molecule has 1 unspecified atom stereocenters. The highest BCUT2D eigenvalue weighted by molar-refractivity contribution is 6.40. The number of benzene rings is 1. The van der Waals surface area contributed by atoms with Gasteiger partial charge < -0.3 is 24.8 Å². The maximum Gasteiger partial charge on any atom is 0.471 e. The second kappa shape index (κ2) is 11.6. The smallest absolute Gasteiger partial charge is 0.471 e. The number of carbonyl (C=O) groups excluding carboxylic acids is 1. The summed E-state index contributed by atoms with van der Waals surface area (Å²) in [5, 5.41) is 12.2. The Morgan fingerprint density at radius 3 is 2.54 bits per heavy atom. The van der Waals surface area contributed by atoms with Crippen LogP contribution in [0.3, 0.4) is 0 Å². The van der Waals surface area contributed by atoms with E-state index in [0.717, 1.165) is 4.90 Å². The van der Waals surface area contributed by atoms with Crippen LogP contribution in [0.5, 0.6) is 11.5 Å². The van der Waals surface area contributed by atoms with E-state index in [9.17, 15) is 27.5 Å². The van der Waals surface area contributed by atoms with Crippen LogP contribution in [-0.2, 0) is 4.79 Å². The third kappa shape index (κ3) is 6.07. The fraction of sp³-hybridized carbons (Fsp3) is 0.400. The molecule has 8 nitrogen and oxygen atoms in total. The Hall–Kier alpha value is -3.09. The fourth-order valence-electron chi connectivity index (χ4n) is 4.64. The average molecular weight is 591 g/mol. The van der Waals surface area contributed by atoms with E-state index >= 15 is 0 Å². The van der Waals surface area contributed by atoms with Crippen molar-refractivity contribution >= 4 is 45.8 Å². The Morgan fingerprint density at radius 1 is 1.26 bits per heavy atom. The monoisotopic (exact) mass is 590 g/mol. The number of fused-ring (bicyclic) bond motifs is 3. The number of allylic oxidation sites excluding steroid dienone is 4. The first-order valence-electron chi connectivity index (χ1n) is 11.8. The van der Waals surface area contributed by atoms with Crippen LogP contribution in [0.1, 0.15) is 13.3 Å². The third-order valence-corrected chi connectivity index (χ3v) is 7.21. The van der Waals surface area contributed by atoms with Gasteiger partial charge in [0.2, 0.25) is 0 Å². The molecule has 0 radical (unpaired) electrons. The third-order valence-electron chi connectivity index (χ3n) is 6.48. The van der Waals surface area contributed by atoms with E-state index in [2.05, 4.69) is 21.9 Å². The molecule has 2 bridgehead atoms. The lowest BCUT2D eigenvalue weighted by atomic mass is 9.68. The van der Waals surface area contributed by atoms with Crippen molar-refractivity contribution in [3.05, 3.63) is 52.7 Å². The van der Waals surface area contributed by atoms with Crippen molar-refractivity contribution in [2.45, 2.75) is 25.6 Å². The van der Waals surface area contributed by atoms with Crippen LogP contribution in [0.4, 0.5) is 23.4 Å². The highest BCUT2D eigenvalue weighted by Gasteiger charge is 2.53. The summed E-state index contributed by atoms with van der Waals surface area (Å²) in [6, 6.07) is 3.10. The summed E-state index contributed by atoms with van der Waals surface area (Å²) >= 11 is 11.8. The Balaban J connectivity index is 1.66. The van der Waals surface area contributed by atoms with Crippen LogP contribution >= 0.6 is 23.2 Å². The molecule has 1 saturated heterocycles. The van der Waals surface area contributed by atoms with E-state index in [0.29, 0.717) is 17.3 Å². The molecular weight excluding hydrogens is 567 g/mol. The van der Waals surface area contributed by atoms with Crippen molar-refractivity contribution in [3.63, 3.8) is 0 Å². The summed E-state index contributed by atoms with van der Waals surface area (Å²) in [7, 11) is 0. The van der Waals surface area contributed by atoms with Gasteiger partial charge in [-0.25, -0.2) is 14.4 Å². The zero-order valence-electron chi connectivity index (χ0n) is 20.6. The number of aliphatic hydroxyl groups is 1. The number of likely N-dealkylation sites (tertiary alicyclic amines) is 1. The van der Waals surface area contributed by atoms with Crippen molar-refractivity contribution < 1.29 is 36.9 Å². The molecule has 1 aliphatic heterocycles. The van der Waals surface area contributed by atoms with Crippen LogP contribution < -0.4 is 14.8 Å². The fourth-order valence-corrected chi connectivity index (χ4v) is 4.83. The van der Waals surface area contributed by atoms with E-state index in [-0.39, 0.29) is 71.2 Å². The first kappa shape index (κ1) is 28.9. The summed E-state index contributed by atoms with van der Waals surface area (Å²) in [6.45, 7) is 4.51. The highest BCUT2D eigenvalue weighted by atomic mass is 35.5. The van der Waals surface area contributed by atoms with E-state index in [1.165, 1.54) is 19.3 Å². The number of hydrogen-bond donors (Lipinski definition) is 2. The Bertz CT molecular complexity index is 1340. The number of piperidine rings is 2. The quantitative estimate of drug-likeness (QED) is 0.303. The van der Waals surface area contributed by atoms with E-state index in [1.807, 2.05) is 0 Å². The molecule has 4 rings (SSSR count). The number of rotatable bonds is 9. The van der Waals surface area contributed by atoms with Gasteiger partial charge in [0.05, 0.1) is 22.9 Å². The number of nitrogens with one attached hydrogen (secondary N) is 1. The topological polar surface area (TPSA) is 96.8 Å². The average Bonchev–Trinajstić information content (AvgIpc) is 2.91. The van der Waals surface area contributed by atoms with Gasteiger partial charge in [-0.05, 0) is 25.5 Å². The molecule has 2 fully saturated rings. The number of carbonyl (C=O) groups is 1. The maximum absolute atomic E-state index is 14.9. The summed E-state index contributed by atoms with van der Waals surface area (Å²) in [6.07, 6.45) is -2.34. The predicted molar refractivity (Wildman–Crippen MR) is 137 cm³/mol. The molecule has 2 aliphatic rings. The van der Waals surface area contributed by atoms with Gasteiger partial charge >= 0.3 is 12.1 Å². The van der Waals surface area contributed by atoms with Gasteiger partial charge in [0.15, 0.2) is 17.3 Å². The molecular formula is C25H24Cl2F4N4O4. The van der Waals surface area contributed by atoms with Crippen molar-refractivity contribution in [2.24, 2.45) is 11.8 Å². The number of aliphatic hydroxyl groups excluding tert-OH is 1. The number of hydrogen-bond acceptors (Lipinski definition) is 7. The van der Waals surface area contributed by atoms with Crippen molar-refractivity contribution in [1.29, 1.82) is 0 Å². The van der Waals surface area contributed by atoms with Crippen molar-refractivity contribution in [2.75, 3.05) is 31.6 Å². The van der Waals surface area contributed by atoms with Crippen LogP contribution in [0, 0.1) is 11.8 Å². The molecule has 210 valence electrons. The first-order chi connectivity index (χ1) is 18.4. The summed E-state index contributed by atoms with van der Waals surface area (Å²) in [4.78, 5) is 20.9. The first-order valence-corrected chi connectivity index (χ1v) is 12.6. The maximum atomic E-state index is 14.9. The molecule has 1 aromatic heterocycles. The van der Waals surface area contributed by atoms with Crippen molar-refractivity contribution in [1.82, 2.24) is 14.9 Å². The van der Waals surface area contributed by atoms with E-state index in [1.54, 1.807) is 12.1 Å². The van der Waals surface area contributed by atoms with Gasteiger partial charge in [0, 0.05) is 41.4 Å². The minimum Gasteiger partial charge on any atom is -0.487 e. The van der Waals surface area contributed by atoms with Gasteiger partial charge in [-0.3, -0.25) is 4.79 Å². The molecule has 39 heavy (non-hydrogen) atoms. The number of aromatic nitrogens is 2. The number of halogens is 6. The SMILES string of the molecule is C=C/C(Nc1ncnc2cc(OCCO)c(OC3[C@@H]4C[C@H]3CN(C(=O)C(F)(F)F)C4)cc12)=C(F)\C(Cl)=C(/C)Cl. The largest absolute Gasteiger partial charge is 0.487 e. The number of alkyl halides is 3. The molecule has 2 N–H and O–H groups in total. The second-order valence-corrected chi connectivity index (χ2v) is 10.0. The van der Waals surface area contributed by atoms with Gasteiger partial charge in [0.25, 0.3) is 0 Å². The number of anilines is 1. The Kier molecular flexibility index (Phi) is 8.57. The van der Waals surface area contributed by atoms with Crippen molar-refractivity contribution in [3.8, 4) is 11.5 Å². The molecule has 1 amide bonds. The second-order valence-electron chi connectivity index (χ2n) is 9.06. The minimum absolute atomic E-state index is 0.0331. The number of nitrogens with zero attached hydrogens (tertiary/aromatic N) is 3. The van der Waals surface area contributed by atoms with Crippen LogP contribution in [0.2, 0.25) is 0 Å². The Labute approximate surface area is 230 Å². The summed E-state index contributed by atoms with van der Waals surface area (Å²) < 4.78 is 65.4. The molecule has 1 aliphatic carbocycles. The van der Waals surface area contributed by atoms with E-state index in [4.69, 9.17) is 32.7 Å². The lowest BCUT2D eigenvalue weighted by molar-refractivity contribution is -0.196. The van der Waals surface area contributed by atoms with Gasteiger partial charge in [-0.15, -0.1) is 0 Å². The predicted octanol–water partition coefficient (Wildman–Crippen LogP) is 5.28. The molecule has 2 aromatic rings. The zero-order valence-corrected chi connectivity index (χ0v) is 22.1. The van der Waals surface area contributed by atoms with Gasteiger partial charge in [-0.1, -0.05) is 29.8 Å². The lowest BCUT2D eigenvalue weighted by Crippen LogP contribution is -2.63. The van der Waals surface area contributed by atoms with Crippen LogP contribution in [-0.4, -0.2) is 64.5 Å². The molecule has 2 heterocycles. The Morgan fingerprint density at radius 2 is 1.95 bits per heavy atom. The molecule has 0 spiro atoms. The standard InChI is InChI=1S/C25H24Cl2F4N4O4/c1-3-16(21(28)20(27)12(2)26)34-23-15-7-19(18(38-5-4-36)8-17(15)32-11-33-23)39-22-13-6-14(22)10-35(9-13)24(37)25(29,30)31/h3,7-8,11,13-14,22,36H,1,4-6,9-10H2,2H3,(H,32,33,34)/b20-12-,21-16-/t13-,14+,22?. The molecule has 1 aromatic carbocycles. The molecule has 3 atom stereocenters. The zero-order chi connectivity index (χ0) is 28.5. The van der Waals surface area contributed by atoms with Gasteiger partial charge in [-0.2, -0.15) is 13.2 Å². The minimum atomic E-state index is -4.94. The molecule has 1 saturated carbocycles. The highest BCUT2D eigenvalue weighted by Crippen LogP contribution is 2.46. The lowest BCUT2D eigenvalue weighted by Gasteiger charge is -2.52. The van der Waals surface area contributed by atoms with E-state index < -0.39 is 24.0 Å². The normalized spacial score (nSPS) is 21.9. The van der Waals surface area contributed by atoms with Crippen LogP contribution in [0.25, 0.3) is 10.9 Å². The summed E-state index contributed by atoms with van der Waals surface area (Å²) in [5.74, 6) is -2.69. The van der Waals surface area contributed by atoms with Gasteiger partial charge in [0.1, 0.15) is 24.9 Å². The molecule has 14 heteroatoms. The number of ether oxygens (including phenoxy) is 2. The summed E-state index contributed by atoms with van der Waals surface area (Å²) in [5.41, 5.74) is 0.286.